The van der Waals surface area contributed by atoms with Gasteiger partial charge in [0.15, 0.2) is 11.6 Å². The maximum Gasteiger partial charge on any atom is 0.195 e. The van der Waals surface area contributed by atoms with Crippen LogP contribution in [-0.4, -0.2) is 26.4 Å². The summed E-state index contributed by atoms with van der Waals surface area (Å²) in [5.74, 6) is 1.39. The third kappa shape index (κ3) is 2.75. The maximum atomic E-state index is 5.41. The molecule has 0 saturated heterocycles. The maximum absolute atomic E-state index is 5.41. The molecule has 0 amide bonds. The van der Waals surface area contributed by atoms with Gasteiger partial charge in [-0.3, -0.25) is 4.90 Å². The summed E-state index contributed by atoms with van der Waals surface area (Å²) in [6.45, 7) is 2.76. The Balaban J connectivity index is 1.39. The molecule has 130 valence electrons. The van der Waals surface area contributed by atoms with Crippen molar-refractivity contribution in [2.24, 2.45) is 0 Å². The summed E-state index contributed by atoms with van der Waals surface area (Å²) in [4.78, 5) is 15.0. The minimum absolute atomic E-state index is 0.669. The molecule has 0 saturated carbocycles. The second-order valence-corrected chi connectivity index (χ2v) is 7.43. The zero-order valence-electron chi connectivity index (χ0n) is 14.1. The molecule has 0 spiro atoms. The minimum Gasteiger partial charge on any atom is -0.461 e. The number of aromatic amines is 1. The van der Waals surface area contributed by atoms with Crippen molar-refractivity contribution in [1.29, 1.82) is 0 Å². The van der Waals surface area contributed by atoms with Crippen molar-refractivity contribution < 1.29 is 4.42 Å². The van der Waals surface area contributed by atoms with Crippen LogP contribution in [0.2, 0.25) is 0 Å². The van der Waals surface area contributed by atoms with Crippen LogP contribution in [0, 0.1) is 0 Å². The molecule has 0 bridgehead atoms. The van der Waals surface area contributed by atoms with E-state index in [0.717, 1.165) is 42.0 Å². The number of nitrogens with zero attached hydrogens (tertiary/aromatic N) is 3. The van der Waals surface area contributed by atoms with E-state index < -0.39 is 0 Å². The van der Waals surface area contributed by atoms with Crippen molar-refractivity contribution in [3.63, 3.8) is 0 Å². The lowest BCUT2D eigenvalue weighted by atomic mass is 10.1. The van der Waals surface area contributed by atoms with Gasteiger partial charge in [-0.15, -0.1) is 0 Å². The average molecular weight is 409 g/mol. The topological polar surface area (TPSA) is 58.0 Å². The molecule has 3 aromatic heterocycles. The van der Waals surface area contributed by atoms with E-state index in [0.29, 0.717) is 5.82 Å². The first kappa shape index (κ1) is 15.8. The van der Waals surface area contributed by atoms with Crippen molar-refractivity contribution in [3.8, 4) is 11.6 Å². The van der Waals surface area contributed by atoms with E-state index in [1.165, 1.54) is 22.0 Å². The van der Waals surface area contributed by atoms with Gasteiger partial charge in [0.2, 0.25) is 0 Å². The zero-order valence-corrected chi connectivity index (χ0v) is 15.7. The lowest BCUT2D eigenvalue weighted by Gasteiger charge is -2.27. The number of hydrogen-bond acceptors (Lipinski definition) is 4. The van der Waals surface area contributed by atoms with Crippen LogP contribution in [0.5, 0.6) is 0 Å². The van der Waals surface area contributed by atoms with Gasteiger partial charge in [0, 0.05) is 59.4 Å². The Morgan fingerprint density at radius 1 is 1.23 bits per heavy atom. The van der Waals surface area contributed by atoms with E-state index in [4.69, 9.17) is 9.40 Å². The van der Waals surface area contributed by atoms with Crippen LogP contribution in [0.25, 0.3) is 22.5 Å². The molecule has 1 aliphatic rings. The highest BCUT2D eigenvalue weighted by Crippen LogP contribution is 2.29. The first-order valence-corrected chi connectivity index (χ1v) is 9.43. The monoisotopic (exact) mass is 408 g/mol. The van der Waals surface area contributed by atoms with E-state index in [1.54, 1.807) is 6.26 Å². The van der Waals surface area contributed by atoms with E-state index in [1.807, 2.05) is 18.3 Å². The Morgan fingerprint density at radius 2 is 2.19 bits per heavy atom. The fourth-order valence-corrected chi connectivity index (χ4v) is 4.23. The molecule has 1 N–H and O–H groups in total. The Bertz CT molecular complexity index is 1070. The number of rotatable bonds is 3. The molecule has 0 unspecified atom stereocenters. The Kier molecular flexibility index (Phi) is 3.87. The van der Waals surface area contributed by atoms with Crippen molar-refractivity contribution in [1.82, 2.24) is 19.9 Å². The molecule has 0 radical (unpaired) electrons. The average Bonchev–Trinajstić information content (AvgIpc) is 3.32. The summed E-state index contributed by atoms with van der Waals surface area (Å²) in [6, 6.07) is 10.0. The molecule has 0 atom stereocenters. The number of furan rings is 1. The van der Waals surface area contributed by atoms with Gasteiger partial charge in [-0.2, -0.15) is 0 Å². The summed E-state index contributed by atoms with van der Waals surface area (Å²) in [5, 5.41) is 1.27. The third-order valence-electron chi connectivity index (χ3n) is 4.89. The first-order chi connectivity index (χ1) is 12.8. The minimum atomic E-state index is 0.669. The van der Waals surface area contributed by atoms with Gasteiger partial charge in [-0.1, -0.05) is 22.0 Å². The number of benzene rings is 1. The number of fused-ring (bicyclic) bond motifs is 2. The van der Waals surface area contributed by atoms with Crippen LogP contribution in [0.3, 0.4) is 0 Å². The highest BCUT2D eigenvalue weighted by Gasteiger charge is 2.20. The molecule has 4 heterocycles. The van der Waals surface area contributed by atoms with E-state index in [2.05, 4.69) is 55.2 Å². The van der Waals surface area contributed by atoms with Gasteiger partial charge in [0.25, 0.3) is 0 Å². The van der Waals surface area contributed by atoms with Gasteiger partial charge in [-0.05, 0) is 29.8 Å². The molecule has 1 aliphatic heterocycles. The first-order valence-electron chi connectivity index (χ1n) is 8.63. The molecule has 1 aromatic carbocycles. The third-order valence-corrected chi connectivity index (χ3v) is 5.55. The smallest absolute Gasteiger partial charge is 0.195 e. The SMILES string of the molecule is Brc1cccc2[nH]cc(CN3CCc4nc(-c5ccco5)ncc4C3)c12. The molecule has 5 rings (SSSR count). The number of halogens is 1. The molecule has 4 aromatic rings. The predicted molar refractivity (Wildman–Crippen MR) is 104 cm³/mol. The Labute approximate surface area is 159 Å². The lowest BCUT2D eigenvalue weighted by molar-refractivity contribution is 0.244. The van der Waals surface area contributed by atoms with Crippen molar-refractivity contribution >= 4 is 26.8 Å². The summed E-state index contributed by atoms with van der Waals surface area (Å²) in [5.41, 5.74) is 4.80. The van der Waals surface area contributed by atoms with Crippen LogP contribution in [-0.2, 0) is 19.5 Å². The zero-order chi connectivity index (χ0) is 17.5. The van der Waals surface area contributed by atoms with Gasteiger partial charge >= 0.3 is 0 Å². The number of aromatic nitrogens is 3. The predicted octanol–water partition coefficient (Wildman–Crippen LogP) is 4.54. The van der Waals surface area contributed by atoms with E-state index in [-0.39, 0.29) is 0 Å². The molecule has 5 nitrogen and oxygen atoms in total. The van der Waals surface area contributed by atoms with Crippen LogP contribution in [0.1, 0.15) is 16.8 Å². The molecular weight excluding hydrogens is 392 g/mol. The van der Waals surface area contributed by atoms with E-state index in [9.17, 15) is 0 Å². The standard InChI is InChI=1S/C20H17BrN4O/c21-15-3-1-4-17-19(15)14(10-22-17)12-25-7-6-16-13(11-25)9-23-20(24-16)18-5-2-8-26-18/h1-5,8-10,22H,6-7,11-12H2. The molecule has 0 fully saturated rings. The molecule has 26 heavy (non-hydrogen) atoms. The molecule has 6 heteroatoms. The molecular formula is C20H17BrN4O. The lowest BCUT2D eigenvalue weighted by Crippen LogP contribution is -2.30. The van der Waals surface area contributed by atoms with Crippen LogP contribution in [0.4, 0.5) is 0 Å². The van der Waals surface area contributed by atoms with Gasteiger partial charge in [0.05, 0.1) is 12.0 Å². The second kappa shape index (κ2) is 6.37. The van der Waals surface area contributed by atoms with Crippen LogP contribution >= 0.6 is 15.9 Å². The van der Waals surface area contributed by atoms with Crippen molar-refractivity contribution in [3.05, 3.63) is 70.3 Å². The van der Waals surface area contributed by atoms with Crippen LogP contribution < -0.4 is 0 Å². The molecule has 0 aliphatic carbocycles. The fraction of sp³-hybridized carbons (Fsp3) is 0.200. The van der Waals surface area contributed by atoms with Gasteiger partial charge < -0.3 is 9.40 Å². The van der Waals surface area contributed by atoms with E-state index >= 15 is 0 Å². The summed E-state index contributed by atoms with van der Waals surface area (Å²) in [6.07, 6.45) is 6.63. The number of nitrogens with one attached hydrogen (secondary N) is 1. The fourth-order valence-electron chi connectivity index (χ4n) is 3.61. The largest absolute Gasteiger partial charge is 0.461 e. The second-order valence-electron chi connectivity index (χ2n) is 6.58. The summed E-state index contributed by atoms with van der Waals surface area (Å²) >= 11 is 3.68. The van der Waals surface area contributed by atoms with Gasteiger partial charge in [-0.25, -0.2) is 9.97 Å². The quantitative estimate of drug-likeness (QED) is 0.540. The summed E-state index contributed by atoms with van der Waals surface area (Å²) in [7, 11) is 0. The van der Waals surface area contributed by atoms with Crippen molar-refractivity contribution in [2.45, 2.75) is 19.5 Å². The highest BCUT2D eigenvalue weighted by atomic mass is 79.9. The Morgan fingerprint density at radius 3 is 3.08 bits per heavy atom. The number of H-pyrrole nitrogens is 1. The summed E-state index contributed by atoms with van der Waals surface area (Å²) < 4.78 is 6.54. The highest BCUT2D eigenvalue weighted by molar-refractivity contribution is 9.10. The van der Waals surface area contributed by atoms with Crippen LogP contribution in [0.15, 0.2) is 57.9 Å². The van der Waals surface area contributed by atoms with Crippen molar-refractivity contribution in [2.75, 3.05) is 6.54 Å². The number of hydrogen-bond donors (Lipinski definition) is 1. The Hall–Kier alpha value is -2.44. The van der Waals surface area contributed by atoms with Gasteiger partial charge in [0.1, 0.15) is 0 Å². The normalized spacial score (nSPS) is 14.7.